The van der Waals surface area contributed by atoms with E-state index in [2.05, 4.69) is 39.9 Å². The zero-order valence-electron chi connectivity index (χ0n) is 14.4. The number of methoxy groups -OCH3 is 1. The van der Waals surface area contributed by atoms with E-state index >= 15 is 0 Å². The van der Waals surface area contributed by atoms with Crippen LogP contribution in [0.25, 0.3) is 0 Å². The Labute approximate surface area is 140 Å². The molecule has 0 aliphatic heterocycles. The lowest BCUT2D eigenvalue weighted by atomic mass is 9.86. The van der Waals surface area contributed by atoms with E-state index in [9.17, 15) is 5.11 Å². The minimum atomic E-state index is -0.526. The minimum absolute atomic E-state index is 0. The van der Waals surface area contributed by atoms with Gasteiger partial charge in [0, 0.05) is 18.2 Å². The highest BCUT2D eigenvalue weighted by Crippen LogP contribution is 2.34. The molecule has 5 heteroatoms. The number of aliphatic hydroxyl groups is 1. The van der Waals surface area contributed by atoms with Gasteiger partial charge in [-0.3, -0.25) is 0 Å². The van der Waals surface area contributed by atoms with Crippen LogP contribution in [0.3, 0.4) is 0 Å². The summed E-state index contributed by atoms with van der Waals surface area (Å²) in [5.41, 5.74) is 1.02. The molecule has 1 atom stereocenters. The van der Waals surface area contributed by atoms with Crippen molar-refractivity contribution in [1.82, 2.24) is 5.32 Å². The topological polar surface area (TPSA) is 50.7 Å². The molecule has 0 aliphatic rings. The highest BCUT2D eigenvalue weighted by Gasteiger charge is 2.20. The van der Waals surface area contributed by atoms with Crippen LogP contribution in [0.1, 0.15) is 40.2 Å². The predicted molar refractivity (Wildman–Crippen MR) is 86.3 cm³/mol. The van der Waals surface area contributed by atoms with Gasteiger partial charge in [0.1, 0.15) is 24.2 Å². The molecule has 2 N–H and O–H groups in total. The maximum atomic E-state index is 9.94. The summed E-state index contributed by atoms with van der Waals surface area (Å²) in [7, 11) is 1.66. The van der Waals surface area contributed by atoms with Crippen LogP contribution in [0.5, 0.6) is 11.5 Å². The SMILES string of the molecule is COc1ccc(OCC(O)CNC(C)C)c(C(C)(C)C)c1.[Cl-]. The quantitative estimate of drug-likeness (QED) is 0.723. The number of hydrogen-bond donors (Lipinski definition) is 2. The summed E-state index contributed by atoms with van der Waals surface area (Å²) in [6, 6.07) is 6.13. The summed E-state index contributed by atoms with van der Waals surface area (Å²) in [5.74, 6) is 1.61. The molecule has 128 valence electrons. The van der Waals surface area contributed by atoms with Crippen molar-refractivity contribution < 1.29 is 27.0 Å². The molecule has 4 nitrogen and oxygen atoms in total. The van der Waals surface area contributed by atoms with Crippen LogP contribution in [0.4, 0.5) is 0 Å². The molecule has 1 aromatic carbocycles. The Hall–Kier alpha value is -0.970. The first kappa shape index (κ1) is 21.0. The molecule has 0 saturated carbocycles. The average molecular weight is 331 g/mol. The van der Waals surface area contributed by atoms with E-state index in [4.69, 9.17) is 9.47 Å². The second-order valence-electron chi connectivity index (χ2n) is 6.64. The summed E-state index contributed by atoms with van der Waals surface area (Å²) in [4.78, 5) is 0. The molecule has 0 fully saturated rings. The lowest BCUT2D eigenvalue weighted by Gasteiger charge is -2.24. The second kappa shape index (κ2) is 9.23. The number of aliphatic hydroxyl groups excluding tert-OH is 1. The molecule has 0 bridgehead atoms. The minimum Gasteiger partial charge on any atom is -1.00 e. The molecule has 0 aliphatic carbocycles. The lowest BCUT2D eigenvalue weighted by Crippen LogP contribution is -3.00. The zero-order chi connectivity index (χ0) is 16.0. The van der Waals surface area contributed by atoms with Crippen LogP contribution in [0.2, 0.25) is 0 Å². The van der Waals surface area contributed by atoms with E-state index in [0.29, 0.717) is 12.6 Å². The van der Waals surface area contributed by atoms with Crippen LogP contribution >= 0.6 is 0 Å². The Kier molecular flexibility index (Phi) is 8.83. The smallest absolute Gasteiger partial charge is 0.123 e. The number of nitrogens with one attached hydrogen (secondary N) is 1. The van der Waals surface area contributed by atoms with Crippen molar-refractivity contribution in [3.8, 4) is 11.5 Å². The molecule has 0 saturated heterocycles. The Morgan fingerprint density at radius 2 is 1.86 bits per heavy atom. The first-order valence-corrected chi connectivity index (χ1v) is 7.46. The van der Waals surface area contributed by atoms with Gasteiger partial charge < -0.3 is 32.3 Å². The Morgan fingerprint density at radius 3 is 2.36 bits per heavy atom. The van der Waals surface area contributed by atoms with E-state index in [1.807, 2.05) is 18.2 Å². The highest BCUT2D eigenvalue weighted by atomic mass is 35.5. The van der Waals surface area contributed by atoms with Gasteiger partial charge in [-0.05, 0) is 23.6 Å². The van der Waals surface area contributed by atoms with E-state index in [1.54, 1.807) is 7.11 Å². The molecule has 0 aromatic heterocycles. The lowest BCUT2D eigenvalue weighted by molar-refractivity contribution is -0.00000712. The maximum Gasteiger partial charge on any atom is 0.123 e. The summed E-state index contributed by atoms with van der Waals surface area (Å²) in [6.45, 7) is 11.3. The van der Waals surface area contributed by atoms with Gasteiger partial charge in [-0.25, -0.2) is 0 Å². The molecule has 1 unspecified atom stereocenters. The highest BCUT2D eigenvalue weighted by molar-refractivity contribution is 5.44. The molecule has 22 heavy (non-hydrogen) atoms. The first-order valence-electron chi connectivity index (χ1n) is 7.46. The Morgan fingerprint density at radius 1 is 1.23 bits per heavy atom. The number of halogens is 1. The van der Waals surface area contributed by atoms with Crippen molar-refractivity contribution in [3.05, 3.63) is 23.8 Å². The Balaban J connectivity index is 0.00000441. The number of benzene rings is 1. The number of ether oxygens (including phenoxy) is 2. The van der Waals surface area contributed by atoms with Crippen molar-refractivity contribution in [3.63, 3.8) is 0 Å². The summed E-state index contributed by atoms with van der Waals surface area (Å²) >= 11 is 0. The molecule has 0 spiro atoms. The molecular formula is C17H29ClNO3-. The van der Waals surface area contributed by atoms with E-state index < -0.39 is 6.10 Å². The summed E-state index contributed by atoms with van der Waals surface area (Å²) in [6.07, 6.45) is -0.526. The Bertz CT molecular complexity index is 444. The number of hydrogen-bond acceptors (Lipinski definition) is 4. The largest absolute Gasteiger partial charge is 1.00 e. The molecule has 0 amide bonds. The van der Waals surface area contributed by atoms with Crippen LogP contribution in [-0.2, 0) is 5.41 Å². The van der Waals surface area contributed by atoms with Crippen LogP contribution in [-0.4, -0.2) is 37.5 Å². The third-order valence-corrected chi connectivity index (χ3v) is 3.19. The molecule has 1 rings (SSSR count). The van der Waals surface area contributed by atoms with Gasteiger partial charge in [0.05, 0.1) is 7.11 Å². The first-order chi connectivity index (χ1) is 9.74. The second-order valence-corrected chi connectivity index (χ2v) is 6.64. The van der Waals surface area contributed by atoms with Crippen molar-refractivity contribution in [1.29, 1.82) is 0 Å². The predicted octanol–water partition coefficient (Wildman–Crippen LogP) is -0.266. The van der Waals surface area contributed by atoms with Crippen molar-refractivity contribution in [2.75, 3.05) is 20.3 Å². The fourth-order valence-electron chi connectivity index (χ4n) is 1.96. The third kappa shape index (κ3) is 6.86. The van der Waals surface area contributed by atoms with E-state index in [0.717, 1.165) is 17.1 Å². The van der Waals surface area contributed by atoms with Gasteiger partial charge in [-0.15, -0.1) is 0 Å². The van der Waals surface area contributed by atoms with Gasteiger partial charge >= 0.3 is 0 Å². The molecule has 0 radical (unpaired) electrons. The maximum absolute atomic E-state index is 9.94. The molecule has 0 heterocycles. The fraction of sp³-hybridized carbons (Fsp3) is 0.647. The average Bonchev–Trinajstić information content (AvgIpc) is 2.41. The monoisotopic (exact) mass is 330 g/mol. The number of rotatable bonds is 7. The normalized spacial score (nSPS) is 12.7. The fourth-order valence-corrected chi connectivity index (χ4v) is 1.96. The van der Waals surface area contributed by atoms with Crippen molar-refractivity contribution >= 4 is 0 Å². The molecule has 1 aromatic rings. The van der Waals surface area contributed by atoms with Crippen molar-refractivity contribution in [2.45, 2.75) is 52.2 Å². The van der Waals surface area contributed by atoms with Gasteiger partial charge in [0.25, 0.3) is 0 Å². The van der Waals surface area contributed by atoms with E-state index in [-0.39, 0.29) is 24.4 Å². The standard InChI is InChI=1S/C17H29NO3.ClH/c1-12(2)18-10-13(19)11-21-16-8-7-14(20-6)9-15(16)17(3,4)5;/h7-9,12-13,18-19H,10-11H2,1-6H3;1H/p-1. The van der Waals surface area contributed by atoms with Crippen LogP contribution in [0.15, 0.2) is 18.2 Å². The summed E-state index contributed by atoms with van der Waals surface area (Å²) < 4.78 is 11.1. The van der Waals surface area contributed by atoms with Crippen LogP contribution in [0, 0.1) is 0 Å². The van der Waals surface area contributed by atoms with Crippen molar-refractivity contribution in [2.24, 2.45) is 0 Å². The van der Waals surface area contributed by atoms with Gasteiger partial charge in [-0.2, -0.15) is 0 Å². The van der Waals surface area contributed by atoms with Gasteiger partial charge in [-0.1, -0.05) is 34.6 Å². The van der Waals surface area contributed by atoms with Gasteiger partial charge in [0.15, 0.2) is 0 Å². The van der Waals surface area contributed by atoms with E-state index in [1.165, 1.54) is 0 Å². The van der Waals surface area contributed by atoms with Gasteiger partial charge in [0.2, 0.25) is 0 Å². The third-order valence-electron chi connectivity index (χ3n) is 3.19. The zero-order valence-corrected chi connectivity index (χ0v) is 15.2. The van der Waals surface area contributed by atoms with Crippen LogP contribution < -0.4 is 27.2 Å². The summed E-state index contributed by atoms with van der Waals surface area (Å²) in [5, 5.41) is 13.1. The molecular weight excluding hydrogens is 302 g/mol.